The SMILES string of the molecule is CC(C)(C)OC(=O)N1Cc2cc(CBr)c(CBr)cc2CN1C(=O)OC(C)(C)C. The Morgan fingerprint density at radius 2 is 1.14 bits per heavy atom. The number of benzene rings is 1. The standard InChI is InChI=1S/C20H28Br2N2O4/c1-19(2,3)27-17(25)23-11-15-7-13(9-21)14(10-22)8-16(15)12-24(23)18(26)28-20(4,5)6/h7-8H,9-12H2,1-6H3. The zero-order valence-electron chi connectivity index (χ0n) is 17.3. The molecule has 0 aromatic heterocycles. The number of carbonyl (C=O) groups is 2. The largest absolute Gasteiger partial charge is 0.442 e. The Balaban J connectivity index is 2.43. The molecule has 0 aliphatic carbocycles. The highest BCUT2D eigenvalue weighted by atomic mass is 79.9. The highest BCUT2D eigenvalue weighted by Crippen LogP contribution is 2.30. The Morgan fingerprint density at radius 3 is 1.39 bits per heavy atom. The van der Waals surface area contributed by atoms with Crippen molar-refractivity contribution in [3.63, 3.8) is 0 Å². The van der Waals surface area contributed by atoms with Gasteiger partial charge in [0, 0.05) is 10.7 Å². The van der Waals surface area contributed by atoms with Crippen molar-refractivity contribution in [2.75, 3.05) is 0 Å². The minimum Gasteiger partial charge on any atom is -0.442 e. The summed E-state index contributed by atoms with van der Waals surface area (Å²) >= 11 is 7.04. The highest BCUT2D eigenvalue weighted by molar-refractivity contribution is 9.09. The van der Waals surface area contributed by atoms with E-state index in [0.29, 0.717) is 10.7 Å². The molecule has 1 aromatic rings. The number of hydrogen-bond donors (Lipinski definition) is 0. The average Bonchev–Trinajstić information content (AvgIpc) is 2.56. The molecule has 0 N–H and O–H groups in total. The van der Waals surface area contributed by atoms with E-state index in [4.69, 9.17) is 9.47 Å². The summed E-state index contributed by atoms with van der Waals surface area (Å²) in [6.07, 6.45) is -1.15. The third-order valence-corrected chi connectivity index (χ3v) is 5.16. The fourth-order valence-electron chi connectivity index (χ4n) is 2.78. The van der Waals surface area contributed by atoms with E-state index < -0.39 is 23.4 Å². The van der Waals surface area contributed by atoms with Gasteiger partial charge in [-0.3, -0.25) is 0 Å². The first-order valence-electron chi connectivity index (χ1n) is 9.11. The first kappa shape index (κ1) is 23.0. The predicted octanol–water partition coefficient (Wildman–Crippen LogP) is 5.88. The molecule has 1 aliphatic heterocycles. The van der Waals surface area contributed by atoms with Crippen LogP contribution in [0.1, 0.15) is 63.8 Å². The summed E-state index contributed by atoms with van der Waals surface area (Å²) < 4.78 is 11.1. The normalized spacial score (nSPS) is 14.6. The number of carbonyl (C=O) groups excluding carboxylic acids is 2. The van der Waals surface area contributed by atoms with E-state index in [9.17, 15) is 9.59 Å². The van der Waals surface area contributed by atoms with E-state index in [1.807, 2.05) is 0 Å². The van der Waals surface area contributed by atoms with E-state index in [0.717, 1.165) is 22.3 Å². The summed E-state index contributed by atoms with van der Waals surface area (Å²) in [6.45, 7) is 11.3. The van der Waals surface area contributed by atoms with Crippen molar-refractivity contribution in [1.29, 1.82) is 0 Å². The number of nitrogens with zero attached hydrogens (tertiary/aromatic N) is 2. The number of ether oxygens (including phenoxy) is 2. The van der Waals surface area contributed by atoms with Gasteiger partial charge >= 0.3 is 12.2 Å². The highest BCUT2D eigenvalue weighted by Gasteiger charge is 2.37. The van der Waals surface area contributed by atoms with Gasteiger partial charge in [-0.25, -0.2) is 19.6 Å². The molecular formula is C20H28Br2N2O4. The molecule has 0 saturated heterocycles. The van der Waals surface area contributed by atoms with Gasteiger partial charge in [0.15, 0.2) is 0 Å². The van der Waals surface area contributed by atoms with E-state index in [-0.39, 0.29) is 13.1 Å². The number of rotatable bonds is 2. The van der Waals surface area contributed by atoms with Crippen LogP contribution in [0.3, 0.4) is 0 Å². The van der Waals surface area contributed by atoms with Crippen LogP contribution in [0.2, 0.25) is 0 Å². The summed E-state index contributed by atoms with van der Waals surface area (Å²) in [7, 11) is 0. The van der Waals surface area contributed by atoms with Gasteiger partial charge in [-0.2, -0.15) is 0 Å². The monoisotopic (exact) mass is 518 g/mol. The maximum absolute atomic E-state index is 12.8. The van der Waals surface area contributed by atoms with E-state index in [2.05, 4.69) is 44.0 Å². The maximum Gasteiger partial charge on any atom is 0.429 e. The van der Waals surface area contributed by atoms with Gasteiger partial charge in [-0.15, -0.1) is 0 Å². The fraction of sp³-hybridized carbons (Fsp3) is 0.600. The van der Waals surface area contributed by atoms with Gasteiger partial charge in [0.1, 0.15) is 11.2 Å². The molecule has 0 saturated carbocycles. The lowest BCUT2D eigenvalue weighted by molar-refractivity contribution is -0.0751. The topological polar surface area (TPSA) is 59.1 Å². The van der Waals surface area contributed by atoms with Gasteiger partial charge in [0.2, 0.25) is 0 Å². The molecule has 28 heavy (non-hydrogen) atoms. The summed E-state index contributed by atoms with van der Waals surface area (Å²) in [5.74, 6) is 0. The number of hydrazine groups is 1. The van der Waals surface area contributed by atoms with Crippen molar-refractivity contribution in [3.8, 4) is 0 Å². The number of halogens is 2. The van der Waals surface area contributed by atoms with Crippen LogP contribution >= 0.6 is 31.9 Å². The Morgan fingerprint density at radius 1 is 0.821 bits per heavy atom. The first-order valence-corrected chi connectivity index (χ1v) is 11.4. The first-order chi connectivity index (χ1) is 12.8. The minimum atomic E-state index is -0.669. The van der Waals surface area contributed by atoms with Crippen molar-refractivity contribution in [1.82, 2.24) is 10.0 Å². The number of amides is 2. The second-order valence-electron chi connectivity index (χ2n) is 8.73. The molecule has 0 bridgehead atoms. The molecule has 1 aromatic carbocycles. The van der Waals surface area contributed by atoms with Gasteiger partial charge < -0.3 is 9.47 Å². The van der Waals surface area contributed by atoms with E-state index >= 15 is 0 Å². The minimum absolute atomic E-state index is 0.242. The van der Waals surface area contributed by atoms with Gasteiger partial charge in [0.05, 0.1) is 13.1 Å². The molecule has 6 nitrogen and oxygen atoms in total. The van der Waals surface area contributed by atoms with Crippen LogP contribution in [0, 0.1) is 0 Å². The van der Waals surface area contributed by atoms with Crippen LogP contribution < -0.4 is 0 Å². The number of alkyl halides is 2. The maximum atomic E-state index is 12.8. The Labute approximate surface area is 183 Å². The van der Waals surface area contributed by atoms with Crippen LogP contribution in [0.25, 0.3) is 0 Å². The second-order valence-corrected chi connectivity index (χ2v) is 9.85. The molecule has 1 heterocycles. The van der Waals surface area contributed by atoms with Crippen molar-refractivity contribution in [2.24, 2.45) is 0 Å². The van der Waals surface area contributed by atoms with Gasteiger partial charge in [-0.05, 0) is 63.8 Å². The molecule has 2 rings (SSSR count). The van der Waals surface area contributed by atoms with Crippen molar-refractivity contribution >= 4 is 44.0 Å². The smallest absolute Gasteiger partial charge is 0.429 e. The average molecular weight is 520 g/mol. The summed E-state index contributed by atoms with van der Waals surface area (Å²) in [5.41, 5.74) is 2.93. The lowest BCUT2D eigenvalue weighted by atomic mass is 9.98. The summed E-state index contributed by atoms with van der Waals surface area (Å²) in [5, 5.41) is 4.08. The molecule has 8 heteroatoms. The lowest BCUT2D eigenvalue weighted by Gasteiger charge is -2.40. The zero-order valence-corrected chi connectivity index (χ0v) is 20.4. The van der Waals surface area contributed by atoms with Crippen LogP contribution in [-0.4, -0.2) is 33.4 Å². The summed E-state index contributed by atoms with van der Waals surface area (Å²) in [6, 6.07) is 4.15. The lowest BCUT2D eigenvalue weighted by Crippen LogP contribution is -2.53. The summed E-state index contributed by atoms with van der Waals surface area (Å²) in [4.78, 5) is 25.6. The van der Waals surface area contributed by atoms with Crippen LogP contribution in [-0.2, 0) is 33.2 Å². The molecule has 1 aliphatic rings. The molecule has 0 atom stereocenters. The molecule has 0 radical (unpaired) electrons. The van der Waals surface area contributed by atoms with Gasteiger partial charge in [0.25, 0.3) is 0 Å². The third-order valence-electron chi connectivity index (χ3n) is 3.95. The number of hydrogen-bond acceptors (Lipinski definition) is 4. The quantitative estimate of drug-likeness (QED) is 0.458. The zero-order chi connectivity index (χ0) is 21.3. The van der Waals surface area contributed by atoms with Crippen LogP contribution in [0.15, 0.2) is 12.1 Å². The van der Waals surface area contributed by atoms with Crippen molar-refractivity contribution in [2.45, 2.75) is 76.5 Å². The molecule has 0 unspecified atom stereocenters. The van der Waals surface area contributed by atoms with Gasteiger partial charge in [-0.1, -0.05) is 44.0 Å². The second kappa shape index (κ2) is 8.61. The third kappa shape index (κ3) is 5.86. The van der Waals surface area contributed by atoms with Crippen LogP contribution in [0.4, 0.5) is 9.59 Å². The van der Waals surface area contributed by atoms with E-state index in [1.54, 1.807) is 41.5 Å². The molecule has 156 valence electrons. The molecule has 0 spiro atoms. The Hall–Kier alpha value is -1.28. The molecular weight excluding hydrogens is 492 g/mol. The molecule has 2 amide bonds. The van der Waals surface area contributed by atoms with Crippen molar-refractivity contribution < 1.29 is 19.1 Å². The fourth-order valence-corrected chi connectivity index (χ4v) is 3.83. The molecule has 0 fully saturated rings. The Bertz CT molecular complexity index is 691. The van der Waals surface area contributed by atoms with Crippen molar-refractivity contribution in [3.05, 3.63) is 34.4 Å². The Kier molecular flexibility index (Phi) is 7.08. The number of fused-ring (bicyclic) bond motifs is 1. The predicted molar refractivity (Wildman–Crippen MR) is 115 cm³/mol. The van der Waals surface area contributed by atoms with Crippen LogP contribution in [0.5, 0.6) is 0 Å². The van der Waals surface area contributed by atoms with E-state index in [1.165, 1.54) is 10.0 Å².